The quantitative estimate of drug-likeness (QED) is 0.0983. The molecule has 0 aliphatic heterocycles. The second kappa shape index (κ2) is 28.4. The summed E-state index contributed by atoms with van der Waals surface area (Å²) in [5.41, 5.74) is 0. The van der Waals surface area contributed by atoms with Crippen molar-refractivity contribution in [2.75, 3.05) is 119 Å². The van der Waals surface area contributed by atoms with Gasteiger partial charge in [0.05, 0.1) is 98.8 Å². The Hall–Kier alpha value is -1.84. The molecule has 13 nitrogen and oxygen atoms in total. The molecule has 1 amide bonds. The van der Waals surface area contributed by atoms with Crippen molar-refractivity contribution in [1.82, 2.24) is 5.32 Å². The van der Waals surface area contributed by atoms with Crippen molar-refractivity contribution < 1.29 is 57.3 Å². The molecule has 0 aromatic heterocycles. The minimum Gasteiger partial charge on any atom is -0.499 e. The van der Waals surface area contributed by atoms with E-state index in [-0.39, 0.29) is 6.61 Å². The number of rotatable bonds is 29. The number of hydrogen-bond acceptors (Lipinski definition) is 11. The fourth-order valence-corrected chi connectivity index (χ4v) is 2.16. The van der Waals surface area contributed by atoms with E-state index in [9.17, 15) is 9.59 Å². The van der Waals surface area contributed by atoms with Crippen LogP contribution in [-0.2, 0) is 52.2 Å². The second-order valence-electron chi connectivity index (χ2n) is 6.56. The molecule has 0 rings (SSSR count). The Labute approximate surface area is 206 Å². The third kappa shape index (κ3) is 30.1. The molecular formula is C22H41NO12. The molecule has 0 aromatic carbocycles. The van der Waals surface area contributed by atoms with Crippen LogP contribution in [0.5, 0.6) is 0 Å². The average molecular weight is 512 g/mol. The lowest BCUT2D eigenvalue weighted by Gasteiger charge is -2.09. The zero-order valence-electron chi connectivity index (χ0n) is 20.5. The van der Waals surface area contributed by atoms with Gasteiger partial charge in [-0.2, -0.15) is 0 Å². The topological polar surface area (TPSA) is 149 Å². The first-order valence-corrected chi connectivity index (χ1v) is 11.5. The van der Waals surface area contributed by atoms with Crippen LogP contribution in [0, 0.1) is 0 Å². The Bertz CT molecular complexity index is 495. The highest BCUT2D eigenvalue weighted by Crippen LogP contribution is 1.86. The number of carboxylic acid groups (broad SMARTS) is 1. The minimum absolute atomic E-state index is 0.297. The van der Waals surface area contributed by atoms with Crippen LogP contribution >= 0.6 is 0 Å². The number of aliphatic carboxylic acids is 1. The maximum absolute atomic E-state index is 11.3. The van der Waals surface area contributed by atoms with E-state index in [1.807, 2.05) is 0 Å². The molecule has 206 valence electrons. The molecule has 0 spiro atoms. The maximum Gasteiger partial charge on any atom is 0.329 e. The van der Waals surface area contributed by atoms with Gasteiger partial charge in [-0.15, -0.1) is 0 Å². The number of ether oxygens (including phenoxy) is 9. The fourth-order valence-electron chi connectivity index (χ4n) is 2.16. The van der Waals surface area contributed by atoms with E-state index in [0.29, 0.717) is 106 Å². The smallest absolute Gasteiger partial charge is 0.329 e. The van der Waals surface area contributed by atoms with Gasteiger partial charge in [0.2, 0.25) is 5.91 Å². The lowest BCUT2D eigenvalue weighted by atomic mass is 10.6. The van der Waals surface area contributed by atoms with Crippen LogP contribution in [0.3, 0.4) is 0 Å². The van der Waals surface area contributed by atoms with E-state index >= 15 is 0 Å². The van der Waals surface area contributed by atoms with Crippen molar-refractivity contribution in [1.29, 1.82) is 0 Å². The maximum atomic E-state index is 11.3. The second-order valence-corrected chi connectivity index (χ2v) is 6.56. The van der Waals surface area contributed by atoms with Gasteiger partial charge in [-0.05, 0) is 0 Å². The van der Waals surface area contributed by atoms with Gasteiger partial charge in [-0.1, -0.05) is 6.58 Å². The predicted octanol–water partition coefficient (Wildman–Crippen LogP) is -0.520. The molecular weight excluding hydrogens is 470 g/mol. The number of amides is 1. The van der Waals surface area contributed by atoms with Gasteiger partial charge in [0.25, 0.3) is 0 Å². The highest BCUT2D eigenvalue weighted by atomic mass is 16.6. The first-order chi connectivity index (χ1) is 17.2. The average Bonchev–Trinajstić information content (AvgIpc) is 2.83. The molecule has 0 aromatic rings. The number of carboxylic acids is 1. The van der Waals surface area contributed by atoms with E-state index < -0.39 is 18.5 Å². The number of carbonyl (C=O) groups is 2. The summed E-state index contributed by atoms with van der Waals surface area (Å²) in [5, 5.41) is 10.9. The monoisotopic (exact) mass is 511 g/mol. The Morgan fingerprint density at radius 2 is 0.943 bits per heavy atom. The Balaban J connectivity index is 3.09. The molecule has 0 unspecified atom stereocenters. The Kier molecular flexibility index (Phi) is 26.9. The molecule has 0 aliphatic rings. The third-order valence-electron chi connectivity index (χ3n) is 3.72. The number of nitrogens with one attached hydrogen (secondary N) is 1. The zero-order valence-corrected chi connectivity index (χ0v) is 20.5. The normalized spacial score (nSPS) is 10.9. The van der Waals surface area contributed by atoms with Crippen molar-refractivity contribution in [2.24, 2.45) is 0 Å². The largest absolute Gasteiger partial charge is 0.499 e. The van der Waals surface area contributed by atoms with Crippen LogP contribution in [0.4, 0.5) is 0 Å². The lowest BCUT2D eigenvalue weighted by Crippen LogP contribution is -2.31. The van der Waals surface area contributed by atoms with Gasteiger partial charge >= 0.3 is 5.97 Å². The molecule has 0 aliphatic carbocycles. The first-order valence-electron chi connectivity index (χ1n) is 11.5. The summed E-state index contributed by atoms with van der Waals surface area (Å²) in [5.74, 6) is -1.52. The van der Waals surface area contributed by atoms with Crippen LogP contribution in [0.2, 0.25) is 0 Å². The van der Waals surface area contributed by atoms with Crippen molar-refractivity contribution in [2.45, 2.75) is 0 Å². The van der Waals surface area contributed by atoms with Gasteiger partial charge in [0, 0.05) is 6.54 Å². The molecule has 0 bridgehead atoms. The lowest BCUT2D eigenvalue weighted by molar-refractivity contribution is -0.143. The fraction of sp³-hybridized carbons (Fsp3) is 0.818. The van der Waals surface area contributed by atoms with Crippen LogP contribution in [-0.4, -0.2) is 136 Å². The van der Waals surface area contributed by atoms with Crippen molar-refractivity contribution in [3.05, 3.63) is 12.8 Å². The molecule has 13 heteroatoms. The van der Waals surface area contributed by atoms with Crippen LogP contribution in [0.15, 0.2) is 12.8 Å². The summed E-state index contributed by atoms with van der Waals surface area (Å²) in [6, 6.07) is 0. The summed E-state index contributed by atoms with van der Waals surface area (Å²) in [6.45, 7) is 9.91. The van der Waals surface area contributed by atoms with E-state index in [1.54, 1.807) is 0 Å². The van der Waals surface area contributed by atoms with E-state index in [0.717, 1.165) is 0 Å². The number of hydrogen-bond donors (Lipinski definition) is 2. The van der Waals surface area contributed by atoms with Crippen LogP contribution in [0.1, 0.15) is 0 Å². The minimum atomic E-state index is -1.12. The van der Waals surface area contributed by atoms with Gasteiger partial charge in [0.15, 0.2) is 0 Å². The van der Waals surface area contributed by atoms with Crippen molar-refractivity contribution >= 4 is 11.9 Å². The van der Waals surface area contributed by atoms with E-state index in [1.165, 1.54) is 6.26 Å². The molecule has 0 atom stereocenters. The summed E-state index contributed by atoms with van der Waals surface area (Å²) in [7, 11) is 0. The van der Waals surface area contributed by atoms with E-state index in [2.05, 4.69) is 16.6 Å². The Morgan fingerprint density at radius 1 is 0.571 bits per heavy atom. The molecule has 0 saturated carbocycles. The molecule has 2 N–H and O–H groups in total. The van der Waals surface area contributed by atoms with Crippen molar-refractivity contribution in [3.8, 4) is 0 Å². The molecule has 0 fully saturated rings. The SMILES string of the molecule is C=COCCOCCOCCOCCOCCOCCOCCOCCNC(=O)COCC(=O)O. The summed E-state index contributed by atoms with van der Waals surface area (Å²) >= 11 is 0. The summed E-state index contributed by atoms with van der Waals surface area (Å²) in [6.07, 6.45) is 1.38. The highest BCUT2D eigenvalue weighted by Gasteiger charge is 2.03. The standard InChI is InChI=1S/C22H41NO12/c1-2-27-5-6-29-9-10-31-13-14-33-17-18-34-16-15-32-12-11-30-8-7-28-4-3-23-21(24)19-35-20-22(25)26/h2H,1,3-20H2,(H,23,24)(H,25,26). The Morgan fingerprint density at radius 3 is 1.31 bits per heavy atom. The third-order valence-corrected chi connectivity index (χ3v) is 3.72. The summed E-state index contributed by atoms with van der Waals surface area (Å²) in [4.78, 5) is 21.5. The summed E-state index contributed by atoms with van der Waals surface area (Å²) < 4.78 is 47.1. The predicted molar refractivity (Wildman–Crippen MR) is 123 cm³/mol. The van der Waals surface area contributed by atoms with Gasteiger partial charge in [-0.25, -0.2) is 4.79 Å². The van der Waals surface area contributed by atoms with Gasteiger partial charge in [-0.3, -0.25) is 4.79 Å². The van der Waals surface area contributed by atoms with Crippen LogP contribution < -0.4 is 5.32 Å². The molecule has 0 radical (unpaired) electrons. The van der Waals surface area contributed by atoms with E-state index in [4.69, 9.17) is 43.0 Å². The zero-order chi connectivity index (χ0) is 25.7. The van der Waals surface area contributed by atoms with Crippen LogP contribution in [0.25, 0.3) is 0 Å². The van der Waals surface area contributed by atoms with Gasteiger partial charge < -0.3 is 53.1 Å². The molecule has 0 heterocycles. The molecule has 35 heavy (non-hydrogen) atoms. The van der Waals surface area contributed by atoms with Crippen molar-refractivity contribution in [3.63, 3.8) is 0 Å². The van der Waals surface area contributed by atoms with Gasteiger partial charge in [0.1, 0.15) is 19.8 Å². The highest BCUT2D eigenvalue weighted by molar-refractivity contribution is 5.77. The number of carbonyl (C=O) groups excluding carboxylic acids is 1. The molecule has 0 saturated heterocycles. The first kappa shape index (κ1) is 33.2.